The molecule has 1 aromatic heterocycles. The van der Waals surface area contributed by atoms with Gasteiger partial charge in [-0.2, -0.15) is 5.10 Å². The van der Waals surface area contributed by atoms with E-state index in [0.717, 1.165) is 0 Å². The molecule has 0 saturated carbocycles. The third-order valence-corrected chi connectivity index (χ3v) is 3.03. The zero-order valence-corrected chi connectivity index (χ0v) is 10.9. The molecular weight excluding hydrogens is 260 g/mol. The van der Waals surface area contributed by atoms with Gasteiger partial charge in [0.05, 0.1) is 6.20 Å². The minimum Gasteiger partial charge on any atom is -0.486 e. The number of nitrogens with two attached hydrogens (primary N) is 1. The van der Waals surface area contributed by atoms with Crippen molar-refractivity contribution in [2.75, 3.05) is 24.3 Å². The van der Waals surface area contributed by atoms with Crippen molar-refractivity contribution in [3.05, 3.63) is 30.0 Å². The largest absolute Gasteiger partial charge is 0.486 e. The molecule has 7 nitrogen and oxygen atoms in total. The minimum absolute atomic E-state index is 0.313. The van der Waals surface area contributed by atoms with Gasteiger partial charge in [0.25, 0.3) is 5.91 Å². The quantitative estimate of drug-likeness (QED) is 0.853. The summed E-state index contributed by atoms with van der Waals surface area (Å²) in [5.74, 6) is 1.30. The molecule has 20 heavy (non-hydrogen) atoms. The molecule has 0 spiro atoms. The van der Waals surface area contributed by atoms with E-state index < -0.39 is 0 Å². The number of benzene rings is 1. The van der Waals surface area contributed by atoms with Crippen LogP contribution in [0.25, 0.3) is 0 Å². The summed E-state index contributed by atoms with van der Waals surface area (Å²) in [6.07, 6.45) is 1.43. The number of fused-ring (bicyclic) bond motifs is 1. The van der Waals surface area contributed by atoms with Gasteiger partial charge < -0.3 is 20.5 Å². The highest BCUT2D eigenvalue weighted by Crippen LogP contribution is 2.32. The molecule has 0 aliphatic carbocycles. The van der Waals surface area contributed by atoms with E-state index in [1.807, 2.05) is 0 Å². The number of carbonyl (C=O) groups is 1. The van der Waals surface area contributed by atoms with E-state index in [1.165, 1.54) is 10.9 Å². The summed E-state index contributed by atoms with van der Waals surface area (Å²) in [5.41, 5.74) is 6.71. The number of nitrogen functional groups attached to an aromatic ring is 1. The predicted octanol–water partition coefficient (Wildman–Crippen LogP) is 1.03. The summed E-state index contributed by atoms with van der Waals surface area (Å²) in [6, 6.07) is 5.23. The first-order chi connectivity index (χ1) is 9.65. The molecule has 1 aliphatic heterocycles. The number of hydrogen-bond acceptors (Lipinski definition) is 5. The third-order valence-electron chi connectivity index (χ3n) is 3.03. The van der Waals surface area contributed by atoms with Crippen molar-refractivity contribution in [1.29, 1.82) is 0 Å². The molecule has 0 bridgehead atoms. The summed E-state index contributed by atoms with van der Waals surface area (Å²) in [6.45, 7) is 1.03. The normalized spacial score (nSPS) is 13.1. The zero-order valence-electron chi connectivity index (χ0n) is 10.9. The highest BCUT2D eigenvalue weighted by molar-refractivity contribution is 6.07. The van der Waals surface area contributed by atoms with Crippen LogP contribution in [0, 0.1) is 0 Å². The van der Waals surface area contributed by atoms with Crippen molar-refractivity contribution in [2.45, 2.75) is 0 Å². The van der Waals surface area contributed by atoms with Gasteiger partial charge in [0.1, 0.15) is 24.6 Å². The average molecular weight is 274 g/mol. The minimum atomic E-state index is -0.313. The molecule has 1 aliphatic rings. The van der Waals surface area contributed by atoms with Crippen LogP contribution in [-0.4, -0.2) is 28.9 Å². The lowest BCUT2D eigenvalue weighted by atomic mass is 10.2. The number of aromatic nitrogens is 2. The molecule has 0 unspecified atom stereocenters. The lowest BCUT2D eigenvalue weighted by Gasteiger charge is -2.18. The van der Waals surface area contributed by atoms with Crippen molar-refractivity contribution >= 4 is 17.4 Å². The van der Waals surface area contributed by atoms with Gasteiger partial charge in [0.15, 0.2) is 11.5 Å². The Bertz CT molecular complexity index is 666. The Balaban J connectivity index is 1.81. The molecule has 1 amide bonds. The molecule has 0 atom stereocenters. The van der Waals surface area contributed by atoms with Crippen LogP contribution in [0.15, 0.2) is 24.4 Å². The van der Waals surface area contributed by atoms with Gasteiger partial charge in [0, 0.05) is 18.8 Å². The Hall–Kier alpha value is -2.70. The number of anilines is 2. The molecule has 0 radical (unpaired) electrons. The first-order valence-electron chi connectivity index (χ1n) is 6.13. The first-order valence-corrected chi connectivity index (χ1v) is 6.13. The van der Waals surface area contributed by atoms with Crippen LogP contribution < -0.4 is 20.5 Å². The van der Waals surface area contributed by atoms with E-state index in [1.54, 1.807) is 25.2 Å². The summed E-state index contributed by atoms with van der Waals surface area (Å²) in [5, 5.41) is 6.69. The molecule has 1 aromatic carbocycles. The fourth-order valence-corrected chi connectivity index (χ4v) is 1.94. The van der Waals surface area contributed by atoms with Crippen LogP contribution in [0.1, 0.15) is 10.4 Å². The van der Waals surface area contributed by atoms with Crippen molar-refractivity contribution in [3.63, 3.8) is 0 Å². The van der Waals surface area contributed by atoms with Gasteiger partial charge in [-0.15, -0.1) is 0 Å². The Labute approximate surface area is 115 Å². The fraction of sp³-hybridized carbons (Fsp3) is 0.231. The maximum absolute atomic E-state index is 12.1. The van der Waals surface area contributed by atoms with E-state index >= 15 is 0 Å². The SMILES string of the molecule is Cn1ncc(C(=O)Nc2ccc3c(c2)OCCO3)c1N. The Morgan fingerprint density at radius 2 is 2.10 bits per heavy atom. The van der Waals surface area contributed by atoms with E-state index in [2.05, 4.69) is 10.4 Å². The van der Waals surface area contributed by atoms with E-state index in [9.17, 15) is 4.79 Å². The summed E-state index contributed by atoms with van der Waals surface area (Å²) in [7, 11) is 1.68. The lowest BCUT2D eigenvalue weighted by molar-refractivity contribution is 0.102. The maximum Gasteiger partial charge on any atom is 0.261 e. The summed E-state index contributed by atoms with van der Waals surface area (Å²) in [4.78, 5) is 12.1. The number of aryl methyl sites for hydroxylation is 1. The standard InChI is InChI=1S/C13H14N4O3/c1-17-12(14)9(7-15-17)13(18)16-8-2-3-10-11(6-8)20-5-4-19-10/h2-3,6-7H,4-5,14H2,1H3,(H,16,18). The molecular formula is C13H14N4O3. The van der Waals surface area contributed by atoms with Gasteiger partial charge in [0.2, 0.25) is 0 Å². The number of hydrogen-bond donors (Lipinski definition) is 2. The van der Waals surface area contributed by atoms with Gasteiger partial charge in [-0.1, -0.05) is 0 Å². The monoisotopic (exact) mass is 274 g/mol. The molecule has 3 rings (SSSR count). The zero-order chi connectivity index (χ0) is 14.1. The van der Waals surface area contributed by atoms with E-state index in [-0.39, 0.29) is 5.91 Å². The fourth-order valence-electron chi connectivity index (χ4n) is 1.94. The summed E-state index contributed by atoms with van der Waals surface area (Å²) >= 11 is 0. The highest BCUT2D eigenvalue weighted by Gasteiger charge is 2.16. The molecule has 0 fully saturated rings. The highest BCUT2D eigenvalue weighted by atomic mass is 16.6. The lowest BCUT2D eigenvalue weighted by Crippen LogP contribution is -2.17. The number of nitrogens with one attached hydrogen (secondary N) is 1. The van der Waals surface area contributed by atoms with E-state index in [4.69, 9.17) is 15.2 Å². The first kappa shape index (κ1) is 12.3. The van der Waals surface area contributed by atoms with Crippen LogP contribution in [0.4, 0.5) is 11.5 Å². The maximum atomic E-state index is 12.1. The van der Waals surface area contributed by atoms with Gasteiger partial charge in [-0.25, -0.2) is 0 Å². The molecule has 7 heteroatoms. The Kier molecular flexibility index (Phi) is 2.94. The number of carbonyl (C=O) groups excluding carboxylic acids is 1. The Morgan fingerprint density at radius 1 is 1.35 bits per heavy atom. The third kappa shape index (κ3) is 2.13. The number of rotatable bonds is 2. The molecule has 0 saturated heterocycles. The smallest absolute Gasteiger partial charge is 0.261 e. The topological polar surface area (TPSA) is 91.4 Å². The molecule has 2 heterocycles. The van der Waals surface area contributed by atoms with Crippen LogP contribution in [0.3, 0.4) is 0 Å². The van der Waals surface area contributed by atoms with E-state index in [0.29, 0.717) is 41.8 Å². The van der Waals surface area contributed by atoms with Gasteiger partial charge in [-0.05, 0) is 12.1 Å². The van der Waals surface area contributed by atoms with Crippen molar-refractivity contribution < 1.29 is 14.3 Å². The molecule has 104 valence electrons. The second-order valence-corrected chi connectivity index (χ2v) is 4.38. The molecule has 3 N–H and O–H groups in total. The predicted molar refractivity (Wildman–Crippen MR) is 73.0 cm³/mol. The van der Waals surface area contributed by atoms with Crippen LogP contribution in [0.2, 0.25) is 0 Å². The number of amides is 1. The van der Waals surface area contributed by atoms with Crippen molar-refractivity contribution in [3.8, 4) is 11.5 Å². The second kappa shape index (κ2) is 4.76. The molecule has 2 aromatic rings. The average Bonchev–Trinajstić information content (AvgIpc) is 2.79. The van der Waals surface area contributed by atoms with Crippen molar-refractivity contribution in [2.24, 2.45) is 7.05 Å². The van der Waals surface area contributed by atoms with Crippen LogP contribution in [-0.2, 0) is 7.05 Å². The second-order valence-electron chi connectivity index (χ2n) is 4.38. The van der Waals surface area contributed by atoms with Crippen molar-refractivity contribution in [1.82, 2.24) is 9.78 Å². The van der Waals surface area contributed by atoms with Crippen LogP contribution in [0.5, 0.6) is 11.5 Å². The summed E-state index contributed by atoms with van der Waals surface area (Å²) < 4.78 is 12.3. The number of nitrogens with zero attached hydrogens (tertiary/aromatic N) is 2. The number of ether oxygens (including phenoxy) is 2. The van der Waals surface area contributed by atoms with Gasteiger partial charge >= 0.3 is 0 Å². The Morgan fingerprint density at radius 3 is 2.80 bits per heavy atom. The van der Waals surface area contributed by atoms with Crippen LogP contribution >= 0.6 is 0 Å². The van der Waals surface area contributed by atoms with Gasteiger partial charge in [-0.3, -0.25) is 9.48 Å².